The van der Waals surface area contributed by atoms with Gasteiger partial charge in [-0.05, 0) is 11.5 Å². The molecule has 3 heterocycles. The molecule has 0 aromatic carbocycles. The maximum Gasteiger partial charge on any atom is 0.223 e. The van der Waals surface area contributed by atoms with Crippen LogP contribution in [0.15, 0.2) is 18.5 Å². The SMILES string of the molecule is COCc1cnc(OC2CN(S(C)=O)C2)c2cnc(Cl)cc12. The van der Waals surface area contributed by atoms with Gasteiger partial charge >= 0.3 is 0 Å². The van der Waals surface area contributed by atoms with Gasteiger partial charge in [-0.3, -0.25) is 0 Å². The number of hydrogen-bond acceptors (Lipinski definition) is 5. The highest BCUT2D eigenvalue weighted by molar-refractivity contribution is 7.81. The molecule has 3 rings (SSSR count). The van der Waals surface area contributed by atoms with E-state index >= 15 is 0 Å². The fraction of sp³-hybridized carbons (Fsp3) is 0.429. The van der Waals surface area contributed by atoms with E-state index in [2.05, 4.69) is 9.97 Å². The van der Waals surface area contributed by atoms with Gasteiger partial charge in [0.1, 0.15) is 11.3 Å². The molecule has 0 aliphatic carbocycles. The van der Waals surface area contributed by atoms with Crippen molar-refractivity contribution in [2.75, 3.05) is 26.5 Å². The van der Waals surface area contributed by atoms with Gasteiger partial charge in [0.2, 0.25) is 5.88 Å². The quantitative estimate of drug-likeness (QED) is 0.776. The summed E-state index contributed by atoms with van der Waals surface area (Å²) in [6.07, 6.45) is 5.04. The molecule has 0 radical (unpaired) electrons. The monoisotopic (exact) mass is 341 g/mol. The van der Waals surface area contributed by atoms with Crippen LogP contribution >= 0.6 is 11.6 Å². The molecule has 1 aliphatic heterocycles. The Bertz CT molecular complexity index is 722. The number of aromatic nitrogens is 2. The second kappa shape index (κ2) is 6.45. The van der Waals surface area contributed by atoms with Gasteiger partial charge in [-0.2, -0.15) is 0 Å². The highest BCUT2D eigenvalue weighted by Crippen LogP contribution is 2.29. The minimum absolute atomic E-state index is 0.0106. The molecule has 1 saturated heterocycles. The average molecular weight is 342 g/mol. The molecular weight excluding hydrogens is 326 g/mol. The second-order valence-corrected chi connectivity index (χ2v) is 6.84. The minimum Gasteiger partial charge on any atom is -0.471 e. The average Bonchev–Trinajstić information content (AvgIpc) is 2.43. The third kappa shape index (κ3) is 3.08. The van der Waals surface area contributed by atoms with Crippen LogP contribution in [0.5, 0.6) is 5.88 Å². The lowest BCUT2D eigenvalue weighted by atomic mass is 10.1. The van der Waals surface area contributed by atoms with Gasteiger partial charge in [0.15, 0.2) is 0 Å². The second-order valence-electron chi connectivity index (χ2n) is 5.08. The summed E-state index contributed by atoms with van der Waals surface area (Å²) in [6.45, 7) is 1.70. The lowest BCUT2D eigenvalue weighted by Crippen LogP contribution is -2.54. The van der Waals surface area contributed by atoms with Crippen molar-refractivity contribution in [2.24, 2.45) is 0 Å². The highest BCUT2D eigenvalue weighted by atomic mass is 35.5. The third-order valence-electron chi connectivity index (χ3n) is 3.54. The predicted octanol–water partition coefficient (Wildman–Crippen LogP) is 1.79. The van der Waals surface area contributed by atoms with Crippen LogP contribution in [-0.2, 0) is 22.3 Å². The van der Waals surface area contributed by atoms with E-state index in [1.165, 1.54) is 0 Å². The Labute approximate surface area is 136 Å². The van der Waals surface area contributed by atoms with Crippen LogP contribution < -0.4 is 4.74 Å². The molecule has 8 heteroatoms. The molecule has 2 aromatic rings. The molecule has 0 amide bonds. The molecule has 1 unspecified atom stereocenters. The first kappa shape index (κ1) is 15.6. The summed E-state index contributed by atoms with van der Waals surface area (Å²) in [5.41, 5.74) is 0.930. The van der Waals surface area contributed by atoms with Gasteiger partial charge in [-0.15, -0.1) is 0 Å². The summed E-state index contributed by atoms with van der Waals surface area (Å²) in [5, 5.41) is 2.13. The van der Waals surface area contributed by atoms with Crippen molar-refractivity contribution in [1.29, 1.82) is 0 Å². The number of methoxy groups -OCH3 is 1. The van der Waals surface area contributed by atoms with Crippen molar-refractivity contribution >= 4 is 33.4 Å². The topological polar surface area (TPSA) is 64.6 Å². The van der Waals surface area contributed by atoms with Gasteiger partial charge in [-0.1, -0.05) is 11.6 Å². The summed E-state index contributed by atoms with van der Waals surface area (Å²) < 4.78 is 24.2. The van der Waals surface area contributed by atoms with Crippen LogP contribution in [-0.4, -0.2) is 51.0 Å². The molecule has 1 atom stereocenters. The Morgan fingerprint density at radius 1 is 1.36 bits per heavy atom. The molecular formula is C14H16ClN3O3S. The van der Waals surface area contributed by atoms with Gasteiger partial charge in [-0.25, -0.2) is 18.5 Å². The van der Waals surface area contributed by atoms with Crippen LogP contribution in [0.4, 0.5) is 0 Å². The van der Waals surface area contributed by atoms with E-state index in [9.17, 15) is 4.21 Å². The number of fused-ring (bicyclic) bond motifs is 1. The van der Waals surface area contributed by atoms with Gasteiger partial charge in [0.25, 0.3) is 0 Å². The molecule has 1 fully saturated rings. The van der Waals surface area contributed by atoms with Gasteiger partial charge < -0.3 is 9.47 Å². The highest BCUT2D eigenvalue weighted by Gasteiger charge is 2.31. The number of ether oxygens (including phenoxy) is 2. The number of rotatable bonds is 5. The van der Waals surface area contributed by atoms with Crippen molar-refractivity contribution in [3.63, 3.8) is 0 Å². The van der Waals surface area contributed by atoms with E-state index in [-0.39, 0.29) is 6.10 Å². The summed E-state index contributed by atoms with van der Waals surface area (Å²) in [6, 6.07) is 1.79. The molecule has 6 nitrogen and oxygen atoms in total. The number of halogens is 1. The Balaban J connectivity index is 1.88. The molecule has 0 spiro atoms. The van der Waals surface area contributed by atoms with Crippen molar-refractivity contribution in [2.45, 2.75) is 12.7 Å². The lowest BCUT2D eigenvalue weighted by molar-refractivity contribution is 0.0776. The van der Waals surface area contributed by atoms with Crippen molar-refractivity contribution in [3.05, 3.63) is 29.2 Å². The Hall–Kier alpha value is -1.28. The van der Waals surface area contributed by atoms with Crippen molar-refractivity contribution in [1.82, 2.24) is 14.3 Å². The normalized spacial score (nSPS) is 17.4. The van der Waals surface area contributed by atoms with Crippen molar-refractivity contribution in [3.8, 4) is 5.88 Å². The zero-order chi connectivity index (χ0) is 15.7. The molecule has 2 aromatic heterocycles. The maximum absolute atomic E-state index is 11.3. The zero-order valence-electron chi connectivity index (χ0n) is 12.3. The molecule has 22 heavy (non-hydrogen) atoms. The van der Waals surface area contributed by atoms with E-state index in [1.54, 1.807) is 31.8 Å². The Kier molecular flexibility index (Phi) is 4.58. The van der Waals surface area contributed by atoms with Crippen LogP contribution in [0.3, 0.4) is 0 Å². The van der Waals surface area contributed by atoms with E-state index in [0.717, 1.165) is 16.3 Å². The molecule has 0 saturated carbocycles. The summed E-state index contributed by atoms with van der Waals surface area (Å²) in [4.78, 5) is 8.48. The number of pyridine rings is 2. The van der Waals surface area contributed by atoms with Crippen LogP contribution in [0.2, 0.25) is 5.15 Å². The Morgan fingerprint density at radius 3 is 2.82 bits per heavy atom. The first-order valence-electron chi connectivity index (χ1n) is 6.75. The van der Waals surface area contributed by atoms with Crippen LogP contribution in [0.1, 0.15) is 5.56 Å². The fourth-order valence-electron chi connectivity index (χ4n) is 2.35. The van der Waals surface area contributed by atoms with E-state index < -0.39 is 11.0 Å². The third-order valence-corrected chi connectivity index (χ3v) is 4.77. The minimum atomic E-state index is -0.952. The Morgan fingerprint density at radius 2 is 2.14 bits per heavy atom. The summed E-state index contributed by atoms with van der Waals surface area (Å²) in [5.74, 6) is 0.519. The van der Waals surface area contributed by atoms with E-state index in [0.29, 0.717) is 30.7 Å². The van der Waals surface area contributed by atoms with Crippen molar-refractivity contribution < 1.29 is 13.7 Å². The smallest absolute Gasteiger partial charge is 0.223 e. The largest absolute Gasteiger partial charge is 0.471 e. The number of nitrogens with zero attached hydrogens (tertiary/aromatic N) is 3. The molecule has 118 valence electrons. The first-order valence-corrected chi connectivity index (χ1v) is 8.65. The number of hydrogen-bond donors (Lipinski definition) is 0. The maximum atomic E-state index is 11.3. The summed E-state index contributed by atoms with van der Waals surface area (Å²) >= 11 is 5.99. The molecule has 0 bridgehead atoms. The summed E-state index contributed by atoms with van der Waals surface area (Å²) in [7, 11) is 0.680. The van der Waals surface area contributed by atoms with E-state index in [4.69, 9.17) is 21.1 Å². The zero-order valence-corrected chi connectivity index (χ0v) is 13.9. The van der Waals surface area contributed by atoms with E-state index in [1.807, 2.05) is 4.31 Å². The van der Waals surface area contributed by atoms with Crippen LogP contribution in [0.25, 0.3) is 10.8 Å². The van der Waals surface area contributed by atoms with Gasteiger partial charge in [0, 0.05) is 44.4 Å². The lowest BCUT2D eigenvalue weighted by Gasteiger charge is -2.36. The molecule has 1 aliphatic rings. The fourth-order valence-corrected chi connectivity index (χ4v) is 3.26. The standard InChI is InChI=1S/C14H16ClN3O3S/c1-20-8-9-4-17-14(12-5-16-13(15)3-11(9)12)21-10-6-18(7-10)22(2)19/h3-5,10H,6-8H2,1-2H3. The first-order chi connectivity index (χ1) is 10.6. The molecule has 0 N–H and O–H groups in total. The predicted molar refractivity (Wildman–Crippen MR) is 85.3 cm³/mol. The van der Waals surface area contributed by atoms with Crippen LogP contribution in [0, 0.1) is 0 Å². The van der Waals surface area contributed by atoms with Gasteiger partial charge in [0.05, 0.1) is 23.0 Å².